The zero-order valence-electron chi connectivity index (χ0n) is 8.89. The van der Waals surface area contributed by atoms with E-state index in [1.165, 1.54) is 0 Å². The Bertz CT molecular complexity index is 491. The number of esters is 1. The van der Waals surface area contributed by atoms with Crippen LogP contribution < -0.4 is 5.73 Å². The van der Waals surface area contributed by atoms with Crippen LogP contribution in [0.5, 0.6) is 0 Å². The standard InChI is InChI=1S/C8H12N2O5S/c1-3-14-8(11)6-7(9)15-5(10-6)4-16(2,12)13/h3-4,9H2,1-2H3. The van der Waals surface area contributed by atoms with Gasteiger partial charge in [0.1, 0.15) is 5.75 Å². The van der Waals surface area contributed by atoms with Gasteiger partial charge in [-0.3, -0.25) is 0 Å². The van der Waals surface area contributed by atoms with Crippen LogP contribution in [0.25, 0.3) is 0 Å². The molecule has 0 aliphatic heterocycles. The number of oxazole rings is 1. The van der Waals surface area contributed by atoms with Crippen molar-refractivity contribution in [1.29, 1.82) is 0 Å². The average molecular weight is 248 g/mol. The van der Waals surface area contributed by atoms with Gasteiger partial charge in [0.25, 0.3) is 0 Å². The van der Waals surface area contributed by atoms with Crippen molar-refractivity contribution in [2.45, 2.75) is 12.7 Å². The summed E-state index contributed by atoms with van der Waals surface area (Å²) >= 11 is 0. The number of nitrogen functional groups attached to an aromatic ring is 1. The van der Waals surface area contributed by atoms with Crippen molar-refractivity contribution in [3.8, 4) is 0 Å². The Morgan fingerprint density at radius 3 is 2.69 bits per heavy atom. The summed E-state index contributed by atoms with van der Waals surface area (Å²) < 4.78 is 31.4. The molecular formula is C8H12N2O5S. The Labute approximate surface area is 92.5 Å². The van der Waals surface area contributed by atoms with Gasteiger partial charge in [-0.15, -0.1) is 0 Å². The molecule has 0 bridgehead atoms. The molecule has 0 unspecified atom stereocenters. The van der Waals surface area contributed by atoms with Gasteiger partial charge in [0.2, 0.25) is 17.5 Å². The Balaban J connectivity index is 2.94. The third-order valence-corrected chi connectivity index (χ3v) is 2.32. The first kappa shape index (κ1) is 12.5. The first-order chi connectivity index (χ1) is 7.33. The molecule has 0 atom stereocenters. The van der Waals surface area contributed by atoms with Crippen LogP contribution in [0.3, 0.4) is 0 Å². The summed E-state index contributed by atoms with van der Waals surface area (Å²) in [6.07, 6.45) is 1.03. The smallest absolute Gasteiger partial charge is 0.362 e. The highest BCUT2D eigenvalue weighted by Crippen LogP contribution is 2.16. The van der Waals surface area contributed by atoms with Crippen LogP contribution >= 0.6 is 0 Å². The molecule has 8 heteroatoms. The summed E-state index contributed by atoms with van der Waals surface area (Å²) in [6, 6.07) is 0. The highest BCUT2D eigenvalue weighted by atomic mass is 32.2. The number of aromatic nitrogens is 1. The Morgan fingerprint density at radius 1 is 1.56 bits per heavy atom. The maximum atomic E-state index is 11.3. The molecule has 1 aromatic rings. The van der Waals surface area contributed by atoms with Gasteiger partial charge in [0.05, 0.1) is 6.61 Å². The minimum atomic E-state index is -3.28. The van der Waals surface area contributed by atoms with E-state index in [9.17, 15) is 13.2 Å². The lowest BCUT2D eigenvalue weighted by atomic mass is 10.4. The van der Waals surface area contributed by atoms with Gasteiger partial charge in [0, 0.05) is 6.26 Å². The molecule has 2 N–H and O–H groups in total. The lowest BCUT2D eigenvalue weighted by Crippen LogP contribution is -2.08. The van der Waals surface area contributed by atoms with Gasteiger partial charge in [-0.05, 0) is 6.92 Å². The van der Waals surface area contributed by atoms with E-state index < -0.39 is 21.6 Å². The number of hydrogen-bond donors (Lipinski definition) is 1. The summed E-state index contributed by atoms with van der Waals surface area (Å²) in [7, 11) is -3.28. The van der Waals surface area contributed by atoms with Crippen molar-refractivity contribution in [1.82, 2.24) is 4.98 Å². The average Bonchev–Trinajstić information content (AvgIpc) is 2.44. The zero-order chi connectivity index (χ0) is 12.3. The first-order valence-corrected chi connectivity index (χ1v) is 6.49. The molecule has 0 saturated heterocycles. The van der Waals surface area contributed by atoms with Crippen molar-refractivity contribution in [3.05, 3.63) is 11.6 Å². The molecule has 0 aromatic carbocycles. The second-order valence-corrected chi connectivity index (χ2v) is 5.25. The van der Waals surface area contributed by atoms with E-state index in [-0.39, 0.29) is 24.1 Å². The molecule has 0 aliphatic carbocycles. The predicted octanol–water partition coefficient (Wildman–Crippen LogP) is -0.0219. The minimum absolute atomic E-state index is 0.122. The quantitative estimate of drug-likeness (QED) is 0.745. The first-order valence-electron chi connectivity index (χ1n) is 4.43. The van der Waals surface area contributed by atoms with Crippen molar-refractivity contribution < 1.29 is 22.4 Å². The van der Waals surface area contributed by atoms with E-state index in [0.29, 0.717) is 0 Å². The van der Waals surface area contributed by atoms with Gasteiger partial charge >= 0.3 is 5.97 Å². The third kappa shape index (κ3) is 3.23. The summed E-state index contributed by atoms with van der Waals surface area (Å²) in [5.41, 5.74) is 5.17. The summed E-state index contributed by atoms with van der Waals surface area (Å²) in [5, 5.41) is 0. The summed E-state index contributed by atoms with van der Waals surface area (Å²) in [5.74, 6) is -1.50. The van der Waals surface area contributed by atoms with Crippen LogP contribution in [0.1, 0.15) is 23.3 Å². The van der Waals surface area contributed by atoms with E-state index >= 15 is 0 Å². The monoisotopic (exact) mass is 248 g/mol. The molecule has 7 nitrogen and oxygen atoms in total. The molecule has 0 amide bonds. The number of carbonyl (C=O) groups excluding carboxylic acids is 1. The van der Waals surface area contributed by atoms with Crippen LogP contribution in [0.15, 0.2) is 4.42 Å². The molecule has 0 saturated carbocycles. The normalized spacial score (nSPS) is 11.4. The number of carbonyl (C=O) groups is 1. The van der Waals surface area contributed by atoms with E-state index in [0.717, 1.165) is 6.26 Å². The number of anilines is 1. The summed E-state index contributed by atoms with van der Waals surface area (Å²) in [4.78, 5) is 14.9. The van der Waals surface area contributed by atoms with Crippen molar-refractivity contribution in [2.75, 3.05) is 18.6 Å². The summed E-state index contributed by atoms with van der Waals surface area (Å²) in [6.45, 7) is 1.80. The fraction of sp³-hybridized carbons (Fsp3) is 0.500. The molecule has 1 rings (SSSR count). The molecule has 90 valence electrons. The molecule has 1 aromatic heterocycles. The Kier molecular flexibility index (Phi) is 3.53. The van der Waals surface area contributed by atoms with Crippen LogP contribution in [0.2, 0.25) is 0 Å². The number of nitrogens with zero attached hydrogens (tertiary/aromatic N) is 1. The maximum absolute atomic E-state index is 11.3. The molecule has 0 aliphatic rings. The number of sulfone groups is 1. The Morgan fingerprint density at radius 2 is 2.19 bits per heavy atom. The van der Waals surface area contributed by atoms with Crippen molar-refractivity contribution in [2.24, 2.45) is 0 Å². The number of ether oxygens (including phenoxy) is 1. The van der Waals surface area contributed by atoms with Gasteiger partial charge in [-0.25, -0.2) is 18.2 Å². The second-order valence-electron chi connectivity index (χ2n) is 3.11. The molecule has 16 heavy (non-hydrogen) atoms. The zero-order valence-corrected chi connectivity index (χ0v) is 9.70. The minimum Gasteiger partial charge on any atom is -0.461 e. The van der Waals surface area contributed by atoms with E-state index in [2.05, 4.69) is 9.72 Å². The largest absolute Gasteiger partial charge is 0.461 e. The third-order valence-electron chi connectivity index (χ3n) is 1.55. The van der Waals surface area contributed by atoms with E-state index in [4.69, 9.17) is 10.2 Å². The fourth-order valence-corrected chi connectivity index (χ4v) is 1.58. The molecule has 0 fully saturated rings. The van der Waals surface area contributed by atoms with E-state index in [1.54, 1.807) is 6.92 Å². The topological polar surface area (TPSA) is 112 Å². The van der Waals surface area contributed by atoms with Gasteiger partial charge in [-0.2, -0.15) is 0 Å². The van der Waals surface area contributed by atoms with Gasteiger partial charge < -0.3 is 14.9 Å². The van der Waals surface area contributed by atoms with Gasteiger partial charge in [0.15, 0.2) is 9.84 Å². The molecule has 0 spiro atoms. The number of nitrogens with two attached hydrogens (primary N) is 1. The van der Waals surface area contributed by atoms with Crippen molar-refractivity contribution in [3.63, 3.8) is 0 Å². The second kappa shape index (κ2) is 4.52. The number of rotatable bonds is 4. The highest BCUT2D eigenvalue weighted by molar-refractivity contribution is 7.89. The lowest BCUT2D eigenvalue weighted by Gasteiger charge is -1.96. The van der Waals surface area contributed by atoms with Crippen LogP contribution in [-0.2, 0) is 20.3 Å². The fourth-order valence-electron chi connectivity index (χ4n) is 1.01. The molecular weight excluding hydrogens is 236 g/mol. The van der Waals surface area contributed by atoms with E-state index in [1.807, 2.05) is 0 Å². The van der Waals surface area contributed by atoms with Crippen molar-refractivity contribution >= 4 is 21.7 Å². The lowest BCUT2D eigenvalue weighted by molar-refractivity contribution is 0.0521. The number of hydrogen-bond acceptors (Lipinski definition) is 7. The van der Waals surface area contributed by atoms with Gasteiger partial charge in [-0.1, -0.05) is 0 Å². The Hall–Kier alpha value is -1.57. The van der Waals surface area contributed by atoms with Crippen LogP contribution in [0, 0.1) is 0 Å². The molecule has 0 radical (unpaired) electrons. The SMILES string of the molecule is CCOC(=O)c1nc(CS(C)(=O)=O)oc1N. The van der Waals surface area contributed by atoms with Crippen LogP contribution in [0.4, 0.5) is 5.88 Å². The highest BCUT2D eigenvalue weighted by Gasteiger charge is 2.20. The van der Waals surface area contributed by atoms with Crippen LogP contribution in [-0.4, -0.2) is 32.2 Å². The predicted molar refractivity (Wildman–Crippen MR) is 55.4 cm³/mol. The maximum Gasteiger partial charge on any atom is 0.362 e. The molecule has 1 heterocycles.